The fourth-order valence-corrected chi connectivity index (χ4v) is 12.0. The van der Waals surface area contributed by atoms with Crippen molar-refractivity contribution in [1.29, 1.82) is 0 Å². The van der Waals surface area contributed by atoms with E-state index in [-0.39, 0.29) is 36.8 Å². The number of rotatable bonds is 9. The van der Waals surface area contributed by atoms with Crippen LogP contribution in [-0.2, 0) is 23.7 Å². The first kappa shape index (κ1) is 30.8. The molecule has 44 heavy (non-hydrogen) atoms. The molecule has 3 N–H and O–H groups in total. The van der Waals surface area contributed by atoms with Gasteiger partial charge in [-0.15, -0.1) is 0 Å². The van der Waals surface area contributed by atoms with E-state index in [2.05, 4.69) is 11.8 Å². The summed E-state index contributed by atoms with van der Waals surface area (Å²) in [5, 5.41) is 37.7. The Morgan fingerprint density at radius 3 is 2.25 bits per heavy atom. The molecular weight excluding hydrogens is 570 g/mol. The molecule has 11 nitrogen and oxygen atoms in total. The Morgan fingerprint density at radius 2 is 1.66 bits per heavy atom. The van der Waals surface area contributed by atoms with Gasteiger partial charge >= 0.3 is 5.97 Å². The van der Waals surface area contributed by atoms with Crippen LogP contribution < -0.4 is 4.74 Å². The molecule has 1 aliphatic heterocycles. The first-order valence-corrected chi connectivity index (χ1v) is 15.9. The summed E-state index contributed by atoms with van der Waals surface area (Å²) in [5.74, 6) is -1.54. The van der Waals surface area contributed by atoms with E-state index < -0.39 is 64.3 Å². The van der Waals surface area contributed by atoms with E-state index in [1.165, 1.54) is 7.11 Å². The number of aliphatic hydroxyl groups excluding tert-OH is 1. The van der Waals surface area contributed by atoms with Gasteiger partial charge in [-0.1, -0.05) is 6.92 Å². The Morgan fingerprint density at radius 1 is 0.955 bits per heavy atom. The maximum absolute atomic E-state index is 13.7. The van der Waals surface area contributed by atoms with Gasteiger partial charge in [-0.3, -0.25) is 4.90 Å². The van der Waals surface area contributed by atoms with Gasteiger partial charge in [0.1, 0.15) is 17.5 Å². The van der Waals surface area contributed by atoms with Crippen molar-refractivity contribution in [2.75, 3.05) is 55.2 Å². The molecule has 0 amide bonds. The number of methoxy groups -OCH3 is 5. The number of hydrogen-bond donors (Lipinski definition) is 3. The Kier molecular flexibility index (Phi) is 7.24. The maximum atomic E-state index is 13.7. The van der Waals surface area contributed by atoms with Crippen LogP contribution in [0.2, 0.25) is 0 Å². The molecule has 5 saturated carbocycles. The zero-order chi connectivity index (χ0) is 31.4. The first-order chi connectivity index (χ1) is 21.1. The lowest BCUT2D eigenvalue weighted by Gasteiger charge is -2.70. The molecule has 0 aromatic heterocycles. The van der Waals surface area contributed by atoms with E-state index in [9.17, 15) is 20.1 Å². The molecule has 5 unspecified atom stereocenters. The third kappa shape index (κ3) is 3.48. The van der Waals surface area contributed by atoms with Gasteiger partial charge in [0.05, 0.1) is 49.3 Å². The third-order valence-electron chi connectivity index (χ3n) is 13.1. The normalized spacial score (nSPS) is 50.0. The molecule has 244 valence electrons. The monoisotopic (exact) mass is 617 g/mol. The third-order valence-corrected chi connectivity index (χ3v) is 13.1. The van der Waals surface area contributed by atoms with Crippen molar-refractivity contribution in [3.63, 3.8) is 0 Å². The Labute approximate surface area is 258 Å². The van der Waals surface area contributed by atoms with Crippen molar-refractivity contribution in [2.45, 2.75) is 73.9 Å². The SMILES string of the molecule is CCN1C[C@]2(COC)C(O)C[C@H](OC)C34C1C([C@H](OC)[C@@H]32)[C@@]1(O)C[C@H](OC)[C@]2(O)C[C@@H]4C1[C@@H]2OC(=O)c1ccc(OC)cc1. The molecule has 7 rings (SSSR count). The number of benzene rings is 1. The van der Waals surface area contributed by atoms with E-state index in [0.29, 0.717) is 37.4 Å². The molecule has 6 fully saturated rings. The van der Waals surface area contributed by atoms with Gasteiger partial charge in [0.2, 0.25) is 0 Å². The number of esters is 1. The zero-order valence-electron chi connectivity index (χ0n) is 26.5. The van der Waals surface area contributed by atoms with E-state index in [0.717, 1.165) is 0 Å². The van der Waals surface area contributed by atoms with Crippen molar-refractivity contribution in [2.24, 2.45) is 34.5 Å². The average Bonchev–Trinajstić information content (AvgIpc) is 3.41. The van der Waals surface area contributed by atoms with Crippen molar-refractivity contribution in [3.8, 4) is 5.75 Å². The van der Waals surface area contributed by atoms with Crippen LogP contribution in [0.4, 0.5) is 0 Å². The molecule has 1 saturated heterocycles. The summed E-state index contributed by atoms with van der Waals surface area (Å²) < 4.78 is 36.2. The van der Waals surface area contributed by atoms with E-state index in [1.807, 2.05) is 0 Å². The predicted molar refractivity (Wildman–Crippen MR) is 156 cm³/mol. The smallest absolute Gasteiger partial charge is 0.338 e. The molecule has 1 spiro atoms. The summed E-state index contributed by atoms with van der Waals surface area (Å²) in [6.07, 6.45) is -2.51. The highest BCUT2D eigenvalue weighted by molar-refractivity contribution is 5.89. The standard InChI is InChI=1S/C33H47NO10/c1-7-34-15-30(16-39-2)20(35)12-21(41-4)33-19-13-31(37)22(42-5)14-32(38,24(27(33)34)25(43-6)26(30)33)23(19)28(31)44-29(36)17-8-10-18(40-3)11-9-17/h8-11,19-28,35,37-38H,7,12-16H2,1-6H3/t19-,20?,21+,22+,23?,24?,25+,26-,27?,28+,30+,31-,32-,33?/m1/s1. The Hall–Kier alpha value is -1.83. The molecular formula is C33H47NO10. The van der Waals surface area contributed by atoms with Gasteiger partial charge < -0.3 is 43.7 Å². The molecule has 6 aliphatic rings. The molecule has 1 heterocycles. The van der Waals surface area contributed by atoms with Crippen LogP contribution in [-0.4, -0.2) is 129 Å². The van der Waals surface area contributed by atoms with Crippen LogP contribution in [0.3, 0.4) is 0 Å². The van der Waals surface area contributed by atoms with Gasteiger partial charge in [0.15, 0.2) is 0 Å². The molecule has 7 bridgehead atoms. The number of hydrogen-bond acceptors (Lipinski definition) is 11. The van der Waals surface area contributed by atoms with Crippen molar-refractivity contribution in [3.05, 3.63) is 29.8 Å². The second kappa shape index (κ2) is 10.3. The Bertz CT molecular complexity index is 1280. The van der Waals surface area contributed by atoms with Gasteiger partial charge in [-0.05, 0) is 43.1 Å². The maximum Gasteiger partial charge on any atom is 0.338 e. The number of nitrogens with zero attached hydrogens (tertiary/aromatic N) is 1. The molecule has 11 heteroatoms. The van der Waals surface area contributed by atoms with Crippen LogP contribution >= 0.6 is 0 Å². The van der Waals surface area contributed by atoms with Crippen LogP contribution in [0.15, 0.2) is 24.3 Å². The van der Waals surface area contributed by atoms with E-state index in [1.54, 1.807) is 52.7 Å². The second-order valence-electron chi connectivity index (χ2n) is 14.2. The second-order valence-corrected chi connectivity index (χ2v) is 14.2. The zero-order valence-corrected chi connectivity index (χ0v) is 26.5. The topological polar surface area (TPSA) is 136 Å². The number of aliphatic hydroxyl groups is 3. The Balaban J connectivity index is 1.42. The van der Waals surface area contributed by atoms with Crippen LogP contribution in [0.25, 0.3) is 0 Å². The number of carbonyl (C=O) groups is 1. The van der Waals surface area contributed by atoms with Crippen LogP contribution in [0.5, 0.6) is 5.75 Å². The lowest BCUT2D eigenvalue weighted by Crippen LogP contribution is -2.79. The highest BCUT2D eigenvalue weighted by atomic mass is 16.6. The minimum Gasteiger partial charge on any atom is -0.497 e. The van der Waals surface area contributed by atoms with Crippen LogP contribution in [0.1, 0.15) is 36.5 Å². The molecule has 14 atom stereocenters. The lowest BCUT2D eigenvalue weighted by atomic mass is 9.42. The van der Waals surface area contributed by atoms with Gasteiger partial charge in [0.25, 0.3) is 0 Å². The summed E-state index contributed by atoms with van der Waals surface area (Å²) in [5.41, 5.74) is -3.92. The number of ether oxygens (including phenoxy) is 6. The molecule has 1 aromatic rings. The average molecular weight is 618 g/mol. The van der Waals surface area contributed by atoms with Gasteiger partial charge in [-0.2, -0.15) is 0 Å². The largest absolute Gasteiger partial charge is 0.497 e. The predicted octanol–water partition coefficient (Wildman–Crippen LogP) is 1.12. The fraction of sp³-hybridized carbons (Fsp3) is 0.788. The number of likely N-dealkylation sites (tertiary alicyclic amines) is 1. The summed E-state index contributed by atoms with van der Waals surface area (Å²) >= 11 is 0. The number of carbonyl (C=O) groups excluding carboxylic acids is 1. The molecule has 0 radical (unpaired) electrons. The van der Waals surface area contributed by atoms with Crippen molar-refractivity contribution < 1.29 is 48.5 Å². The van der Waals surface area contributed by atoms with E-state index >= 15 is 0 Å². The van der Waals surface area contributed by atoms with E-state index in [4.69, 9.17) is 28.4 Å². The van der Waals surface area contributed by atoms with Crippen molar-refractivity contribution in [1.82, 2.24) is 4.90 Å². The number of fused-ring (bicyclic) bond motifs is 2. The highest BCUT2D eigenvalue weighted by Gasteiger charge is 2.89. The fourth-order valence-electron chi connectivity index (χ4n) is 12.0. The molecule has 5 aliphatic carbocycles. The first-order valence-electron chi connectivity index (χ1n) is 15.9. The summed E-state index contributed by atoms with van der Waals surface area (Å²) in [6.45, 7) is 3.73. The van der Waals surface area contributed by atoms with Crippen molar-refractivity contribution >= 4 is 5.97 Å². The number of piperidine rings is 1. The summed E-state index contributed by atoms with van der Waals surface area (Å²) in [4.78, 5) is 16.1. The summed E-state index contributed by atoms with van der Waals surface area (Å²) in [7, 11) is 8.13. The minimum absolute atomic E-state index is 0.146. The molecule has 1 aromatic carbocycles. The highest BCUT2D eigenvalue weighted by Crippen LogP contribution is 2.80. The van der Waals surface area contributed by atoms with Gasteiger partial charge in [-0.25, -0.2) is 4.79 Å². The van der Waals surface area contributed by atoms with Crippen LogP contribution in [0, 0.1) is 34.5 Å². The van der Waals surface area contributed by atoms with Gasteiger partial charge in [0, 0.05) is 82.5 Å². The summed E-state index contributed by atoms with van der Waals surface area (Å²) in [6, 6.07) is 6.50. The minimum atomic E-state index is -1.54. The quantitative estimate of drug-likeness (QED) is 0.344. The lowest BCUT2D eigenvalue weighted by molar-refractivity contribution is -0.298.